The molecule has 2 N–H and O–H groups in total. The second-order valence-corrected chi connectivity index (χ2v) is 8.03. The molecule has 0 unspecified atom stereocenters. The summed E-state index contributed by atoms with van der Waals surface area (Å²) in [5.41, 5.74) is 4.37. The van der Waals surface area contributed by atoms with Crippen LogP contribution in [0.3, 0.4) is 0 Å². The van der Waals surface area contributed by atoms with Crippen molar-refractivity contribution in [2.45, 2.75) is 12.8 Å². The monoisotopic (exact) mass is 468 g/mol. The number of hydrogen-bond donors (Lipinski definition) is 2. The summed E-state index contributed by atoms with van der Waals surface area (Å²) >= 11 is 16.2. The Balaban J connectivity index is 1.69. The van der Waals surface area contributed by atoms with Gasteiger partial charge in [-0.05, 0) is 37.0 Å². The molecule has 0 atom stereocenters. The Morgan fingerprint density at radius 1 is 1.37 bits per heavy atom. The second-order valence-electron chi connectivity index (χ2n) is 6.32. The van der Waals surface area contributed by atoms with Gasteiger partial charge in [-0.1, -0.05) is 39.1 Å². The zero-order valence-electron chi connectivity index (χ0n) is 14.0. The molecule has 6 nitrogen and oxygen atoms in total. The molecular formula is C18H15BrCl2N4O2. The lowest BCUT2D eigenvalue weighted by atomic mass is 10.2. The molecule has 1 fully saturated rings. The Morgan fingerprint density at radius 2 is 2.19 bits per heavy atom. The van der Waals surface area contributed by atoms with E-state index in [2.05, 4.69) is 31.7 Å². The highest BCUT2D eigenvalue weighted by Crippen LogP contribution is 2.35. The minimum atomic E-state index is -0.399. The molecule has 27 heavy (non-hydrogen) atoms. The number of pyridine rings is 1. The van der Waals surface area contributed by atoms with Crippen LogP contribution in [-0.4, -0.2) is 21.9 Å². The predicted octanol–water partition coefficient (Wildman–Crippen LogP) is 5.22. The first-order valence-electron chi connectivity index (χ1n) is 8.32. The zero-order chi connectivity index (χ0) is 19.0. The van der Waals surface area contributed by atoms with Gasteiger partial charge in [0.15, 0.2) is 5.65 Å². The van der Waals surface area contributed by atoms with Gasteiger partial charge in [0.25, 0.3) is 5.91 Å². The molecular weight excluding hydrogens is 455 g/mol. The van der Waals surface area contributed by atoms with E-state index in [9.17, 15) is 4.79 Å². The number of anilines is 2. The van der Waals surface area contributed by atoms with Gasteiger partial charge in [0.2, 0.25) is 0 Å². The molecule has 2 heterocycles. The molecule has 1 aliphatic carbocycles. The second kappa shape index (κ2) is 7.67. The summed E-state index contributed by atoms with van der Waals surface area (Å²) in [6, 6.07) is 5.39. The molecule has 9 heteroatoms. The Bertz CT molecular complexity index is 1020. The maximum atomic E-state index is 12.7. The number of fused-ring (bicyclic) bond motifs is 1. The third kappa shape index (κ3) is 4.06. The predicted molar refractivity (Wildman–Crippen MR) is 109 cm³/mol. The van der Waals surface area contributed by atoms with Crippen LogP contribution in [0.1, 0.15) is 23.2 Å². The number of aromatic nitrogens is 2. The lowest BCUT2D eigenvalue weighted by Crippen LogP contribution is -2.26. The molecule has 0 saturated heterocycles. The Morgan fingerprint density at radius 3 is 2.93 bits per heavy atom. The Hall–Kier alpha value is -1.80. The summed E-state index contributed by atoms with van der Waals surface area (Å²) in [6.45, 7) is 0.508. The van der Waals surface area contributed by atoms with Crippen LogP contribution in [-0.2, 0) is 4.84 Å². The smallest absolute Gasteiger partial charge is 0.278 e. The SMILES string of the molecule is O=C(NOCC1CC1)c1cn2ccnc2c(Cl)c1Nc1ccc(Br)cc1Cl. The van der Waals surface area contributed by atoms with Crippen molar-refractivity contribution in [2.24, 2.45) is 5.92 Å². The number of amides is 1. The van der Waals surface area contributed by atoms with E-state index < -0.39 is 5.91 Å². The summed E-state index contributed by atoms with van der Waals surface area (Å²) in [4.78, 5) is 22.3. The molecule has 3 aromatic rings. The van der Waals surface area contributed by atoms with Gasteiger partial charge < -0.3 is 9.72 Å². The van der Waals surface area contributed by atoms with Crippen molar-refractivity contribution in [3.05, 3.63) is 56.9 Å². The van der Waals surface area contributed by atoms with Gasteiger partial charge in [-0.2, -0.15) is 0 Å². The van der Waals surface area contributed by atoms with Gasteiger partial charge in [-0.25, -0.2) is 10.5 Å². The maximum Gasteiger partial charge on any atom is 0.278 e. The first kappa shape index (κ1) is 18.6. The summed E-state index contributed by atoms with van der Waals surface area (Å²) in [5.74, 6) is 0.132. The fourth-order valence-corrected chi connectivity index (χ4v) is 3.62. The van der Waals surface area contributed by atoms with Crippen LogP contribution in [0.2, 0.25) is 10.0 Å². The molecule has 2 aromatic heterocycles. The minimum absolute atomic E-state index is 0.314. The van der Waals surface area contributed by atoms with E-state index in [0.717, 1.165) is 17.3 Å². The normalized spacial score (nSPS) is 13.7. The molecule has 140 valence electrons. The molecule has 0 spiro atoms. The number of hydroxylamine groups is 1. The highest BCUT2D eigenvalue weighted by Gasteiger charge is 2.23. The number of rotatable bonds is 6. The number of nitrogens with one attached hydrogen (secondary N) is 2. The van der Waals surface area contributed by atoms with E-state index in [1.165, 1.54) is 0 Å². The highest BCUT2D eigenvalue weighted by molar-refractivity contribution is 9.10. The standard InChI is InChI=1S/C18H15BrCl2N4O2/c19-11-3-4-14(13(20)7-11)23-16-12(18(26)24-27-9-10-1-2-10)8-25-6-5-22-17(25)15(16)21/h3-8,10,23H,1-2,9H2,(H,24,26). The Labute approximate surface area is 173 Å². The molecule has 4 rings (SSSR count). The number of benzene rings is 1. The van der Waals surface area contributed by atoms with Crippen LogP contribution >= 0.6 is 39.1 Å². The molecule has 1 amide bonds. The van der Waals surface area contributed by atoms with E-state index in [1.807, 2.05) is 6.07 Å². The van der Waals surface area contributed by atoms with E-state index in [1.54, 1.807) is 35.1 Å². The lowest BCUT2D eigenvalue weighted by Gasteiger charge is -2.16. The first-order chi connectivity index (χ1) is 13.0. The average Bonchev–Trinajstić information content (AvgIpc) is 3.33. The third-order valence-corrected chi connectivity index (χ3v) is 5.40. The number of carbonyl (C=O) groups excluding carboxylic acids is 1. The van der Waals surface area contributed by atoms with Crippen molar-refractivity contribution in [3.8, 4) is 0 Å². The van der Waals surface area contributed by atoms with E-state index in [0.29, 0.717) is 45.2 Å². The number of halogens is 3. The van der Waals surface area contributed by atoms with Crippen molar-refractivity contribution < 1.29 is 9.63 Å². The molecule has 1 aliphatic rings. The van der Waals surface area contributed by atoms with Gasteiger partial charge in [0.05, 0.1) is 28.6 Å². The van der Waals surface area contributed by atoms with Crippen LogP contribution in [0, 0.1) is 5.92 Å². The molecule has 0 aliphatic heterocycles. The number of hydrogen-bond acceptors (Lipinski definition) is 4. The van der Waals surface area contributed by atoms with Crippen LogP contribution < -0.4 is 10.8 Å². The Kier molecular flexibility index (Phi) is 5.27. The van der Waals surface area contributed by atoms with Gasteiger partial charge in [0.1, 0.15) is 5.02 Å². The molecule has 1 aromatic carbocycles. The highest BCUT2D eigenvalue weighted by atomic mass is 79.9. The molecule has 1 saturated carbocycles. The number of carbonyl (C=O) groups is 1. The number of imidazole rings is 1. The van der Waals surface area contributed by atoms with E-state index >= 15 is 0 Å². The summed E-state index contributed by atoms with van der Waals surface area (Å²) in [7, 11) is 0. The van der Waals surface area contributed by atoms with Crippen molar-refractivity contribution >= 4 is 62.1 Å². The van der Waals surface area contributed by atoms with Crippen LogP contribution in [0.4, 0.5) is 11.4 Å². The van der Waals surface area contributed by atoms with Crippen LogP contribution in [0.15, 0.2) is 41.3 Å². The lowest BCUT2D eigenvalue weighted by molar-refractivity contribution is 0.0270. The topological polar surface area (TPSA) is 67.7 Å². The van der Waals surface area contributed by atoms with Crippen LogP contribution in [0.25, 0.3) is 5.65 Å². The fourth-order valence-electron chi connectivity index (χ4n) is 2.61. The van der Waals surface area contributed by atoms with E-state index in [4.69, 9.17) is 28.0 Å². The minimum Gasteiger partial charge on any atom is -0.352 e. The molecule has 0 bridgehead atoms. The zero-order valence-corrected chi connectivity index (χ0v) is 17.1. The summed E-state index contributed by atoms with van der Waals surface area (Å²) in [5, 5.41) is 3.96. The van der Waals surface area contributed by atoms with Crippen molar-refractivity contribution in [1.29, 1.82) is 0 Å². The number of nitrogens with zero attached hydrogens (tertiary/aromatic N) is 2. The molecule has 0 radical (unpaired) electrons. The first-order valence-corrected chi connectivity index (χ1v) is 9.87. The van der Waals surface area contributed by atoms with Gasteiger partial charge in [-0.15, -0.1) is 0 Å². The van der Waals surface area contributed by atoms with Gasteiger partial charge >= 0.3 is 0 Å². The van der Waals surface area contributed by atoms with Crippen LogP contribution in [0.5, 0.6) is 0 Å². The van der Waals surface area contributed by atoms with Gasteiger partial charge in [-0.3, -0.25) is 9.63 Å². The van der Waals surface area contributed by atoms with Gasteiger partial charge in [0, 0.05) is 23.1 Å². The largest absolute Gasteiger partial charge is 0.352 e. The third-order valence-electron chi connectivity index (χ3n) is 4.24. The quantitative estimate of drug-likeness (QED) is 0.485. The van der Waals surface area contributed by atoms with Crippen molar-refractivity contribution in [1.82, 2.24) is 14.9 Å². The maximum absolute atomic E-state index is 12.7. The van der Waals surface area contributed by atoms with E-state index in [-0.39, 0.29) is 0 Å². The average molecular weight is 470 g/mol. The van der Waals surface area contributed by atoms with Crippen molar-refractivity contribution in [3.63, 3.8) is 0 Å². The van der Waals surface area contributed by atoms with Crippen molar-refractivity contribution in [2.75, 3.05) is 11.9 Å². The summed E-state index contributed by atoms with van der Waals surface area (Å²) in [6.07, 6.45) is 7.26. The summed E-state index contributed by atoms with van der Waals surface area (Å²) < 4.78 is 2.53. The fraction of sp³-hybridized carbons (Fsp3) is 0.222.